The van der Waals surface area contributed by atoms with E-state index in [2.05, 4.69) is 5.32 Å². The van der Waals surface area contributed by atoms with Crippen molar-refractivity contribution < 1.29 is 35.9 Å². The summed E-state index contributed by atoms with van der Waals surface area (Å²) in [5.41, 5.74) is -3.23. The van der Waals surface area contributed by atoms with Crippen molar-refractivity contribution in [3.63, 3.8) is 0 Å². The van der Waals surface area contributed by atoms with Gasteiger partial charge in [0, 0.05) is 12.1 Å². The van der Waals surface area contributed by atoms with Crippen LogP contribution in [0.5, 0.6) is 0 Å². The van der Waals surface area contributed by atoms with Gasteiger partial charge >= 0.3 is 6.18 Å². The quantitative estimate of drug-likeness (QED) is 0.620. The molecule has 11 heteroatoms. The highest BCUT2D eigenvalue weighted by molar-refractivity contribution is 5.94. The second-order valence-corrected chi connectivity index (χ2v) is 8.14. The first kappa shape index (κ1) is 25.0. The number of nitrogens with zero attached hydrogens (tertiary/aromatic N) is 1. The van der Waals surface area contributed by atoms with Gasteiger partial charge in [-0.25, -0.2) is 13.2 Å². The molecule has 2 rings (SSSR count). The molecule has 31 heavy (non-hydrogen) atoms. The zero-order valence-corrected chi connectivity index (χ0v) is 17.2. The Kier molecular flexibility index (Phi) is 7.96. The van der Waals surface area contributed by atoms with Gasteiger partial charge in [0.05, 0.1) is 12.1 Å². The largest absolute Gasteiger partial charge is 0.410 e. The summed E-state index contributed by atoms with van der Waals surface area (Å²) in [5, 5.41) is 4.62. The van der Waals surface area contributed by atoms with Crippen LogP contribution in [0.3, 0.4) is 0 Å². The minimum absolute atomic E-state index is 0.0601. The van der Waals surface area contributed by atoms with Crippen molar-refractivity contribution in [1.29, 1.82) is 0 Å². The summed E-state index contributed by atoms with van der Waals surface area (Å²) in [7, 11) is 0. The summed E-state index contributed by atoms with van der Waals surface area (Å²) < 4.78 is 77.4. The van der Waals surface area contributed by atoms with Gasteiger partial charge in [0.2, 0.25) is 5.91 Å². The van der Waals surface area contributed by atoms with E-state index in [0.717, 1.165) is 32.0 Å². The summed E-state index contributed by atoms with van der Waals surface area (Å²) in [6.45, 7) is 2.82. The van der Waals surface area contributed by atoms with E-state index in [-0.39, 0.29) is 24.6 Å². The Morgan fingerprint density at radius 1 is 1.16 bits per heavy atom. The lowest BCUT2D eigenvalue weighted by atomic mass is 9.96. The molecule has 0 atom stereocenters. The van der Waals surface area contributed by atoms with Crippen LogP contribution in [0.2, 0.25) is 0 Å². The van der Waals surface area contributed by atoms with Gasteiger partial charge in [0.15, 0.2) is 0 Å². The van der Waals surface area contributed by atoms with Gasteiger partial charge in [0.25, 0.3) is 12.3 Å². The normalized spacial score (nSPS) is 16.4. The molecule has 0 aromatic heterocycles. The number of hydrogen-bond acceptors (Lipinski definition) is 3. The van der Waals surface area contributed by atoms with E-state index in [1.807, 2.05) is 5.32 Å². The fraction of sp³-hybridized carbons (Fsp3) is 0.600. The Labute approximate surface area is 176 Å². The van der Waals surface area contributed by atoms with Gasteiger partial charge < -0.3 is 10.6 Å². The highest BCUT2D eigenvalue weighted by Crippen LogP contribution is 2.29. The van der Waals surface area contributed by atoms with Crippen molar-refractivity contribution in [1.82, 2.24) is 15.5 Å². The lowest BCUT2D eigenvalue weighted by molar-refractivity contribution is -0.188. The Balaban J connectivity index is 1.78. The smallest absolute Gasteiger partial charge is 0.352 e. The Morgan fingerprint density at radius 3 is 2.32 bits per heavy atom. The number of hydrogen-bond donors (Lipinski definition) is 2. The maximum absolute atomic E-state index is 13.3. The van der Waals surface area contributed by atoms with Gasteiger partial charge in [0.1, 0.15) is 11.4 Å². The van der Waals surface area contributed by atoms with Crippen LogP contribution in [0.1, 0.15) is 49.0 Å². The summed E-state index contributed by atoms with van der Waals surface area (Å²) in [4.78, 5) is 25.8. The Morgan fingerprint density at radius 2 is 1.77 bits per heavy atom. The van der Waals surface area contributed by atoms with Crippen LogP contribution in [0, 0.1) is 11.7 Å². The fourth-order valence-corrected chi connectivity index (χ4v) is 3.20. The molecule has 1 aromatic carbocycles. The molecular formula is C20H25F6N3O2. The van der Waals surface area contributed by atoms with Crippen LogP contribution >= 0.6 is 0 Å². The molecule has 1 saturated heterocycles. The van der Waals surface area contributed by atoms with Gasteiger partial charge in [-0.3, -0.25) is 14.5 Å². The molecule has 1 heterocycles. The van der Waals surface area contributed by atoms with E-state index in [4.69, 9.17) is 0 Å². The van der Waals surface area contributed by atoms with E-state index in [1.165, 1.54) is 0 Å². The highest BCUT2D eigenvalue weighted by atomic mass is 19.4. The molecule has 1 aromatic rings. The SMILES string of the molecule is CC(C)(NC(=O)CN1CCC(CNC(=O)c2ccc(F)c(C(F)F)c2)CC1)C(F)(F)F. The van der Waals surface area contributed by atoms with Crippen LogP contribution in [0.15, 0.2) is 18.2 Å². The fourth-order valence-electron chi connectivity index (χ4n) is 3.20. The number of likely N-dealkylation sites (tertiary alicyclic amines) is 1. The number of alkyl halides is 5. The molecule has 0 radical (unpaired) electrons. The minimum atomic E-state index is -4.56. The topological polar surface area (TPSA) is 61.4 Å². The zero-order valence-electron chi connectivity index (χ0n) is 17.2. The third-order valence-electron chi connectivity index (χ3n) is 5.28. The molecule has 1 aliphatic rings. The molecular weight excluding hydrogens is 428 g/mol. The van der Waals surface area contributed by atoms with Crippen LogP contribution < -0.4 is 10.6 Å². The van der Waals surface area contributed by atoms with Crippen LogP contribution in [-0.4, -0.2) is 54.6 Å². The summed E-state index contributed by atoms with van der Waals surface area (Å²) in [5.74, 6) is -2.34. The number of carbonyl (C=O) groups is 2. The van der Waals surface area contributed by atoms with E-state index in [9.17, 15) is 35.9 Å². The molecule has 2 N–H and O–H groups in total. The lowest BCUT2D eigenvalue weighted by Gasteiger charge is -2.33. The predicted octanol–water partition coefficient (Wildman–Crippen LogP) is 3.66. The number of nitrogens with one attached hydrogen (secondary N) is 2. The maximum atomic E-state index is 13.3. The van der Waals surface area contributed by atoms with Crippen LogP contribution in [-0.2, 0) is 4.79 Å². The molecule has 5 nitrogen and oxygen atoms in total. The molecule has 0 aliphatic carbocycles. The summed E-state index contributed by atoms with van der Waals surface area (Å²) >= 11 is 0. The monoisotopic (exact) mass is 453 g/mol. The van der Waals surface area contributed by atoms with Gasteiger partial charge in [-0.15, -0.1) is 0 Å². The number of piperidine rings is 1. The molecule has 0 spiro atoms. The predicted molar refractivity (Wildman–Crippen MR) is 101 cm³/mol. The number of carbonyl (C=O) groups excluding carboxylic acids is 2. The van der Waals surface area contributed by atoms with E-state index in [1.54, 1.807) is 4.90 Å². The highest BCUT2D eigenvalue weighted by Gasteiger charge is 2.48. The van der Waals surface area contributed by atoms with Gasteiger partial charge in [-0.05, 0) is 63.9 Å². The third-order valence-corrected chi connectivity index (χ3v) is 5.28. The summed E-state index contributed by atoms with van der Waals surface area (Å²) in [6.07, 6.45) is -6.39. The summed E-state index contributed by atoms with van der Waals surface area (Å²) in [6, 6.07) is 2.76. The number of rotatable bonds is 7. The minimum Gasteiger partial charge on any atom is -0.352 e. The molecule has 0 unspecified atom stereocenters. The number of amides is 2. The third kappa shape index (κ3) is 6.84. The van der Waals surface area contributed by atoms with Crippen molar-refractivity contribution in [3.05, 3.63) is 35.1 Å². The molecule has 1 fully saturated rings. The molecule has 2 amide bonds. The lowest BCUT2D eigenvalue weighted by Crippen LogP contribution is -2.56. The van der Waals surface area contributed by atoms with Crippen molar-refractivity contribution in [2.45, 2.75) is 44.8 Å². The Bertz CT molecular complexity index is 790. The van der Waals surface area contributed by atoms with Crippen LogP contribution in [0.4, 0.5) is 26.3 Å². The standard InChI is InChI=1S/C20H25F6N3O2/c1-19(2,20(24,25)26)28-16(30)11-29-7-5-12(6-8-29)10-27-18(31)13-3-4-15(21)14(9-13)17(22)23/h3-4,9,12,17H,5-8,10-11H2,1-2H3,(H,27,31)(H,28,30). The van der Waals surface area contributed by atoms with E-state index in [0.29, 0.717) is 25.9 Å². The van der Waals surface area contributed by atoms with Crippen molar-refractivity contribution >= 4 is 11.8 Å². The van der Waals surface area contributed by atoms with Crippen molar-refractivity contribution in [2.75, 3.05) is 26.2 Å². The molecule has 0 saturated carbocycles. The van der Waals surface area contributed by atoms with E-state index < -0.39 is 41.3 Å². The average Bonchev–Trinajstić information content (AvgIpc) is 2.66. The van der Waals surface area contributed by atoms with E-state index >= 15 is 0 Å². The zero-order chi connectivity index (χ0) is 23.4. The van der Waals surface area contributed by atoms with Gasteiger partial charge in [-0.2, -0.15) is 13.2 Å². The molecule has 1 aliphatic heterocycles. The van der Waals surface area contributed by atoms with Crippen molar-refractivity contribution in [3.8, 4) is 0 Å². The first-order valence-electron chi connectivity index (χ1n) is 9.76. The maximum Gasteiger partial charge on any atom is 0.410 e. The second-order valence-electron chi connectivity index (χ2n) is 8.14. The first-order valence-corrected chi connectivity index (χ1v) is 9.76. The molecule has 174 valence electrons. The van der Waals surface area contributed by atoms with Gasteiger partial charge in [-0.1, -0.05) is 0 Å². The Hall–Kier alpha value is -2.30. The average molecular weight is 453 g/mol. The first-order chi connectivity index (χ1) is 14.3. The number of benzene rings is 1. The number of halogens is 6. The van der Waals surface area contributed by atoms with Crippen LogP contribution in [0.25, 0.3) is 0 Å². The molecule has 0 bridgehead atoms. The van der Waals surface area contributed by atoms with Crippen molar-refractivity contribution in [2.24, 2.45) is 5.92 Å². The second kappa shape index (κ2) is 9.88.